The molecule has 3 aromatic rings. The number of carbonyl (C=O) groups is 1. The zero-order chi connectivity index (χ0) is 17.6. The highest BCUT2D eigenvalue weighted by Crippen LogP contribution is 2.28. The van der Waals surface area contributed by atoms with E-state index in [1.54, 1.807) is 18.5 Å². The van der Waals surface area contributed by atoms with Crippen LogP contribution in [0.25, 0.3) is 16.3 Å². The van der Waals surface area contributed by atoms with E-state index in [0.717, 1.165) is 35.9 Å². The summed E-state index contributed by atoms with van der Waals surface area (Å²) in [6.45, 7) is 1.56. The summed E-state index contributed by atoms with van der Waals surface area (Å²) >= 11 is 7.48. The number of aromatic nitrogens is 3. The number of hydrogen-bond acceptors (Lipinski definition) is 5. The van der Waals surface area contributed by atoms with Gasteiger partial charge in [0.1, 0.15) is 21.2 Å². The second-order valence-corrected chi connectivity index (χ2v) is 7.87. The predicted molar refractivity (Wildman–Crippen MR) is 99.3 cm³/mol. The molecule has 130 valence electrons. The Morgan fingerprint density at radius 1 is 1.32 bits per heavy atom. The molecule has 0 saturated carbocycles. The molecule has 0 aromatic carbocycles. The van der Waals surface area contributed by atoms with E-state index in [0.29, 0.717) is 15.9 Å². The molecule has 25 heavy (non-hydrogen) atoms. The number of rotatable bonds is 3. The molecule has 0 radical (unpaired) electrons. The highest BCUT2D eigenvalue weighted by Gasteiger charge is 2.29. The van der Waals surface area contributed by atoms with E-state index in [1.165, 1.54) is 11.3 Å². The topological polar surface area (TPSA) is 53.7 Å². The van der Waals surface area contributed by atoms with Crippen molar-refractivity contribution in [3.05, 3.63) is 40.6 Å². The van der Waals surface area contributed by atoms with Crippen molar-refractivity contribution >= 4 is 34.5 Å². The van der Waals surface area contributed by atoms with E-state index in [2.05, 4.69) is 29.0 Å². The Labute approximate surface area is 154 Å². The summed E-state index contributed by atoms with van der Waals surface area (Å²) in [6, 6.07) is 4.09. The molecule has 1 fully saturated rings. The minimum absolute atomic E-state index is 0.0555. The molecule has 6 nitrogen and oxygen atoms in total. The number of fused-ring (bicyclic) bond motifs is 1. The molecule has 0 N–H and O–H groups in total. The number of likely N-dealkylation sites (N-methyl/N-ethyl adjacent to an activating group) is 1. The van der Waals surface area contributed by atoms with Gasteiger partial charge in [0.25, 0.3) is 5.91 Å². The van der Waals surface area contributed by atoms with Crippen LogP contribution in [0.2, 0.25) is 5.02 Å². The fourth-order valence-electron chi connectivity index (χ4n) is 3.11. The van der Waals surface area contributed by atoms with E-state index < -0.39 is 0 Å². The molecule has 0 aliphatic carbocycles. The van der Waals surface area contributed by atoms with E-state index >= 15 is 0 Å². The van der Waals surface area contributed by atoms with Crippen molar-refractivity contribution < 1.29 is 4.79 Å². The summed E-state index contributed by atoms with van der Waals surface area (Å²) in [4.78, 5) is 26.3. The molecule has 1 saturated heterocycles. The zero-order valence-corrected chi connectivity index (χ0v) is 15.6. The standard InChI is InChI=1S/C17H18ClN5OS/c1-21(2)12-5-6-22(10-12)17(24)14-8-20-16(25-14)13-7-19-15-4-3-11(18)9-23(13)15/h3-4,7-9,12H,5-6,10H2,1-2H3. The molecule has 1 aliphatic rings. The summed E-state index contributed by atoms with van der Waals surface area (Å²) in [5.74, 6) is 0.0555. The summed E-state index contributed by atoms with van der Waals surface area (Å²) < 4.78 is 1.90. The molecule has 8 heteroatoms. The van der Waals surface area contributed by atoms with Gasteiger partial charge in [-0.3, -0.25) is 9.20 Å². The van der Waals surface area contributed by atoms with Gasteiger partial charge in [0, 0.05) is 25.3 Å². The summed E-state index contributed by atoms with van der Waals surface area (Å²) in [6.07, 6.45) is 6.24. The van der Waals surface area contributed by atoms with Gasteiger partial charge < -0.3 is 9.80 Å². The molecule has 0 spiro atoms. The Bertz CT molecular complexity index is 934. The average Bonchev–Trinajstić information content (AvgIpc) is 3.32. The number of halogens is 1. The Morgan fingerprint density at radius 3 is 2.92 bits per heavy atom. The number of carbonyl (C=O) groups excluding carboxylic acids is 1. The van der Waals surface area contributed by atoms with Gasteiger partial charge in [-0.15, -0.1) is 11.3 Å². The Morgan fingerprint density at radius 2 is 2.16 bits per heavy atom. The first kappa shape index (κ1) is 16.5. The number of amides is 1. The molecule has 1 unspecified atom stereocenters. The molecule has 3 aromatic heterocycles. The van der Waals surface area contributed by atoms with Crippen LogP contribution in [-0.2, 0) is 0 Å². The smallest absolute Gasteiger partial charge is 0.265 e. The third-order valence-electron chi connectivity index (χ3n) is 4.59. The first-order valence-corrected chi connectivity index (χ1v) is 9.27. The first-order chi connectivity index (χ1) is 12.0. The van der Waals surface area contributed by atoms with Crippen molar-refractivity contribution in [1.29, 1.82) is 0 Å². The lowest BCUT2D eigenvalue weighted by molar-refractivity contribution is 0.0787. The third kappa shape index (κ3) is 3.03. The lowest BCUT2D eigenvalue weighted by Crippen LogP contribution is -2.34. The van der Waals surface area contributed by atoms with Gasteiger partial charge in [0.15, 0.2) is 0 Å². The minimum Gasteiger partial charge on any atom is -0.336 e. The molecular formula is C17H18ClN5OS. The highest BCUT2D eigenvalue weighted by molar-refractivity contribution is 7.16. The zero-order valence-electron chi connectivity index (χ0n) is 14.0. The van der Waals surface area contributed by atoms with Gasteiger partial charge in [0.2, 0.25) is 0 Å². The number of nitrogens with zero attached hydrogens (tertiary/aromatic N) is 5. The van der Waals surface area contributed by atoms with Gasteiger partial charge in [-0.05, 0) is 32.6 Å². The SMILES string of the molecule is CN(C)C1CCN(C(=O)c2cnc(-c3cnc4ccc(Cl)cn34)s2)C1. The van der Waals surface area contributed by atoms with Crippen molar-refractivity contribution in [2.75, 3.05) is 27.2 Å². The van der Waals surface area contributed by atoms with Gasteiger partial charge in [-0.2, -0.15) is 0 Å². The van der Waals surface area contributed by atoms with Gasteiger partial charge in [-0.25, -0.2) is 9.97 Å². The maximum Gasteiger partial charge on any atom is 0.265 e. The van der Waals surface area contributed by atoms with Crippen molar-refractivity contribution in [1.82, 2.24) is 24.2 Å². The molecule has 4 rings (SSSR count). The van der Waals surface area contributed by atoms with Crippen LogP contribution in [-0.4, -0.2) is 63.3 Å². The van der Waals surface area contributed by atoms with E-state index in [1.807, 2.05) is 21.6 Å². The molecule has 4 heterocycles. The van der Waals surface area contributed by atoms with Crippen LogP contribution in [0, 0.1) is 0 Å². The monoisotopic (exact) mass is 375 g/mol. The second-order valence-electron chi connectivity index (χ2n) is 6.41. The van der Waals surface area contributed by atoms with Crippen molar-refractivity contribution in [2.24, 2.45) is 0 Å². The number of imidazole rings is 1. The first-order valence-electron chi connectivity index (χ1n) is 8.07. The van der Waals surface area contributed by atoms with Crippen molar-refractivity contribution in [2.45, 2.75) is 12.5 Å². The third-order valence-corrected chi connectivity index (χ3v) is 5.82. The lowest BCUT2D eigenvalue weighted by atomic mass is 10.2. The minimum atomic E-state index is 0.0555. The van der Waals surface area contributed by atoms with Crippen LogP contribution in [0.1, 0.15) is 16.1 Å². The van der Waals surface area contributed by atoms with Crippen LogP contribution >= 0.6 is 22.9 Å². The summed E-state index contributed by atoms with van der Waals surface area (Å²) in [7, 11) is 4.11. The second kappa shape index (κ2) is 6.40. The van der Waals surface area contributed by atoms with Crippen LogP contribution in [0.15, 0.2) is 30.7 Å². The van der Waals surface area contributed by atoms with Gasteiger partial charge in [-0.1, -0.05) is 11.6 Å². The van der Waals surface area contributed by atoms with Gasteiger partial charge in [0.05, 0.1) is 17.4 Å². The quantitative estimate of drug-likeness (QED) is 0.706. The van der Waals surface area contributed by atoms with Crippen LogP contribution < -0.4 is 0 Å². The Balaban J connectivity index is 1.60. The molecule has 1 atom stereocenters. The van der Waals surface area contributed by atoms with E-state index in [4.69, 9.17) is 11.6 Å². The number of hydrogen-bond donors (Lipinski definition) is 0. The van der Waals surface area contributed by atoms with E-state index in [9.17, 15) is 4.79 Å². The predicted octanol–water partition coefficient (Wildman–Crippen LogP) is 2.89. The Kier molecular flexibility index (Phi) is 4.23. The largest absolute Gasteiger partial charge is 0.336 e. The maximum atomic E-state index is 12.8. The van der Waals surface area contributed by atoms with Crippen LogP contribution in [0.3, 0.4) is 0 Å². The highest BCUT2D eigenvalue weighted by atomic mass is 35.5. The fraction of sp³-hybridized carbons (Fsp3) is 0.353. The van der Waals surface area contributed by atoms with Crippen LogP contribution in [0.5, 0.6) is 0 Å². The Hall–Kier alpha value is -1.96. The van der Waals surface area contributed by atoms with E-state index in [-0.39, 0.29) is 5.91 Å². The molecule has 1 amide bonds. The summed E-state index contributed by atoms with van der Waals surface area (Å²) in [5, 5.41) is 1.40. The van der Waals surface area contributed by atoms with Crippen LogP contribution in [0.4, 0.5) is 0 Å². The number of pyridine rings is 1. The average molecular weight is 376 g/mol. The number of thiazole rings is 1. The summed E-state index contributed by atoms with van der Waals surface area (Å²) in [5.41, 5.74) is 1.64. The normalized spacial score (nSPS) is 17.8. The molecule has 0 bridgehead atoms. The maximum absolute atomic E-state index is 12.8. The molecular weight excluding hydrogens is 358 g/mol. The number of likely N-dealkylation sites (tertiary alicyclic amines) is 1. The molecule has 1 aliphatic heterocycles. The van der Waals surface area contributed by atoms with Crippen molar-refractivity contribution in [3.8, 4) is 10.7 Å². The van der Waals surface area contributed by atoms with Crippen molar-refractivity contribution in [3.63, 3.8) is 0 Å². The van der Waals surface area contributed by atoms with Gasteiger partial charge >= 0.3 is 0 Å². The lowest BCUT2D eigenvalue weighted by Gasteiger charge is -2.19. The fourth-order valence-corrected chi connectivity index (χ4v) is 4.16.